The van der Waals surface area contributed by atoms with Crippen molar-refractivity contribution >= 4 is 0 Å². The van der Waals surface area contributed by atoms with Gasteiger partial charge in [-0.3, -0.25) is 0 Å². The zero-order chi connectivity index (χ0) is 12.8. The van der Waals surface area contributed by atoms with Crippen molar-refractivity contribution in [2.45, 2.75) is 12.6 Å². The number of aliphatic hydroxyl groups excluding tert-OH is 2. The van der Waals surface area contributed by atoms with E-state index in [0.29, 0.717) is 0 Å². The number of hydrogen-bond acceptors (Lipinski definition) is 4. The van der Waals surface area contributed by atoms with Crippen molar-refractivity contribution in [3.63, 3.8) is 0 Å². The van der Waals surface area contributed by atoms with E-state index in [-0.39, 0.29) is 31.1 Å². The van der Waals surface area contributed by atoms with Crippen molar-refractivity contribution in [1.29, 1.82) is 0 Å². The predicted molar refractivity (Wildman–Crippen MR) is 57.7 cm³/mol. The summed E-state index contributed by atoms with van der Waals surface area (Å²) in [7, 11) is 1.25. The number of hydrogen-bond donors (Lipinski definition) is 3. The molecule has 0 spiro atoms. The summed E-state index contributed by atoms with van der Waals surface area (Å²) in [4.78, 5) is 0. The summed E-state index contributed by atoms with van der Waals surface area (Å²) < 4.78 is 31.4. The molecule has 96 valence electrons. The van der Waals surface area contributed by atoms with Crippen LogP contribution < -0.4 is 10.1 Å². The van der Waals surface area contributed by atoms with Gasteiger partial charge in [0.1, 0.15) is 5.82 Å². The van der Waals surface area contributed by atoms with Gasteiger partial charge in [0, 0.05) is 18.2 Å². The van der Waals surface area contributed by atoms with Gasteiger partial charge in [-0.15, -0.1) is 0 Å². The molecule has 0 aliphatic carbocycles. The van der Waals surface area contributed by atoms with Crippen LogP contribution in [0.4, 0.5) is 8.78 Å². The summed E-state index contributed by atoms with van der Waals surface area (Å²) >= 11 is 0. The van der Waals surface area contributed by atoms with Crippen molar-refractivity contribution in [2.24, 2.45) is 0 Å². The van der Waals surface area contributed by atoms with Crippen molar-refractivity contribution in [1.82, 2.24) is 5.32 Å². The molecule has 0 saturated carbocycles. The Labute approximate surface area is 97.8 Å². The molecule has 0 fully saturated rings. The molecule has 17 heavy (non-hydrogen) atoms. The second-order valence-corrected chi connectivity index (χ2v) is 3.52. The minimum absolute atomic E-state index is 0.0124. The third-order valence-electron chi connectivity index (χ3n) is 2.34. The van der Waals surface area contributed by atoms with Gasteiger partial charge < -0.3 is 20.3 Å². The molecule has 0 aromatic heterocycles. The normalized spacial score (nSPS) is 10.9. The smallest absolute Gasteiger partial charge is 0.165 e. The van der Waals surface area contributed by atoms with Crippen LogP contribution in [0.2, 0.25) is 0 Å². The molecule has 0 atom stereocenters. The molecule has 0 amide bonds. The molecule has 0 aliphatic heterocycles. The van der Waals surface area contributed by atoms with E-state index in [1.54, 1.807) is 0 Å². The van der Waals surface area contributed by atoms with Crippen LogP contribution in [0.3, 0.4) is 0 Å². The largest absolute Gasteiger partial charge is 0.494 e. The summed E-state index contributed by atoms with van der Waals surface area (Å²) in [6.45, 7) is -0.550. The Morgan fingerprint density at radius 1 is 1.24 bits per heavy atom. The lowest BCUT2D eigenvalue weighted by Gasteiger charge is -2.14. The van der Waals surface area contributed by atoms with Crippen LogP contribution in [-0.4, -0.2) is 36.6 Å². The fourth-order valence-electron chi connectivity index (χ4n) is 1.30. The lowest BCUT2D eigenvalue weighted by Crippen LogP contribution is -2.35. The highest BCUT2D eigenvalue weighted by atomic mass is 19.1. The first-order valence-electron chi connectivity index (χ1n) is 5.09. The number of rotatable bonds is 6. The van der Waals surface area contributed by atoms with Crippen molar-refractivity contribution in [3.05, 3.63) is 29.3 Å². The Morgan fingerprint density at radius 3 is 2.41 bits per heavy atom. The number of halogens is 2. The van der Waals surface area contributed by atoms with Crippen LogP contribution in [0, 0.1) is 11.6 Å². The summed E-state index contributed by atoms with van der Waals surface area (Å²) in [5.41, 5.74) is 0.107. The first kappa shape index (κ1) is 13.8. The fourth-order valence-corrected chi connectivity index (χ4v) is 1.30. The summed E-state index contributed by atoms with van der Waals surface area (Å²) in [6, 6.07) is 1.42. The van der Waals surface area contributed by atoms with E-state index in [0.717, 1.165) is 12.1 Å². The van der Waals surface area contributed by atoms with E-state index in [1.807, 2.05) is 0 Å². The van der Waals surface area contributed by atoms with Crippen LogP contribution >= 0.6 is 0 Å². The molecule has 0 unspecified atom stereocenters. The van der Waals surface area contributed by atoms with Gasteiger partial charge in [0.05, 0.1) is 26.4 Å². The average Bonchev–Trinajstić information content (AvgIpc) is 2.34. The first-order valence-corrected chi connectivity index (χ1v) is 5.09. The third kappa shape index (κ3) is 3.62. The van der Waals surface area contributed by atoms with Gasteiger partial charge >= 0.3 is 0 Å². The van der Waals surface area contributed by atoms with Gasteiger partial charge in [0.15, 0.2) is 11.6 Å². The molecule has 0 saturated heterocycles. The van der Waals surface area contributed by atoms with Gasteiger partial charge in [0.2, 0.25) is 0 Å². The number of nitrogens with one attached hydrogen (secondary N) is 1. The molecule has 1 rings (SSSR count). The zero-order valence-corrected chi connectivity index (χ0v) is 9.41. The Balaban J connectivity index is 2.75. The monoisotopic (exact) mass is 247 g/mol. The van der Waals surface area contributed by atoms with Crippen LogP contribution in [0.1, 0.15) is 5.56 Å². The van der Waals surface area contributed by atoms with Crippen LogP contribution in [-0.2, 0) is 6.54 Å². The van der Waals surface area contributed by atoms with Gasteiger partial charge in [-0.1, -0.05) is 0 Å². The second kappa shape index (κ2) is 6.48. The summed E-state index contributed by atoms with van der Waals surface area (Å²) in [6.07, 6.45) is 0. The van der Waals surface area contributed by atoms with Gasteiger partial charge in [-0.2, -0.15) is 0 Å². The molecule has 0 heterocycles. The van der Waals surface area contributed by atoms with Crippen molar-refractivity contribution < 1.29 is 23.7 Å². The van der Waals surface area contributed by atoms with Gasteiger partial charge in [-0.25, -0.2) is 8.78 Å². The maximum Gasteiger partial charge on any atom is 0.165 e. The van der Waals surface area contributed by atoms with Gasteiger partial charge in [0.25, 0.3) is 0 Å². The number of aliphatic hydroxyl groups is 2. The Hall–Kier alpha value is -1.24. The lowest BCUT2D eigenvalue weighted by molar-refractivity contribution is 0.170. The topological polar surface area (TPSA) is 61.7 Å². The van der Waals surface area contributed by atoms with Crippen LogP contribution in [0.25, 0.3) is 0 Å². The lowest BCUT2D eigenvalue weighted by atomic mass is 10.2. The van der Waals surface area contributed by atoms with Gasteiger partial charge in [-0.05, 0) is 6.07 Å². The Kier molecular flexibility index (Phi) is 5.27. The maximum atomic E-state index is 13.5. The standard InChI is InChI=1S/C11H15F2NO3/c1-17-11-3-9(12)7(2-10(11)13)4-14-8(5-15)6-16/h2-3,8,14-16H,4-6H2,1H3. The molecular weight excluding hydrogens is 232 g/mol. The molecule has 6 heteroatoms. The van der Waals surface area contributed by atoms with E-state index in [1.165, 1.54) is 7.11 Å². The van der Waals surface area contributed by atoms with E-state index in [4.69, 9.17) is 10.2 Å². The highest BCUT2D eigenvalue weighted by Crippen LogP contribution is 2.21. The van der Waals surface area contributed by atoms with E-state index < -0.39 is 17.7 Å². The predicted octanol–water partition coefficient (Wildman–Crippen LogP) is 0.416. The highest BCUT2D eigenvalue weighted by Gasteiger charge is 2.12. The van der Waals surface area contributed by atoms with Crippen LogP contribution in [0.15, 0.2) is 12.1 Å². The van der Waals surface area contributed by atoms with E-state index in [2.05, 4.69) is 10.1 Å². The number of benzene rings is 1. The minimum atomic E-state index is -0.657. The zero-order valence-electron chi connectivity index (χ0n) is 9.41. The first-order chi connectivity index (χ1) is 8.12. The SMILES string of the molecule is COc1cc(F)c(CNC(CO)CO)cc1F. The Morgan fingerprint density at radius 2 is 1.88 bits per heavy atom. The molecule has 0 bridgehead atoms. The molecule has 1 aromatic carbocycles. The number of ether oxygens (including phenoxy) is 1. The van der Waals surface area contributed by atoms with Crippen LogP contribution in [0.5, 0.6) is 5.75 Å². The van der Waals surface area contributed by atoms with E-state index in [9.17, 15) is 8.78 Å². The minimum Gasteiger partial charge on any atom is -0.494 e. The van der Waals surface area contributed by atoms with E-state index >= 15 is 0 Å². The summed E-state index contributed by atoms with van der Waals surface area (Å²) in [5.74, 6) is -1.42. The molecule has 0 aliphatic rings. The maximum absolute atomic E-state index is 13.5. The number of methoxy groups -OCH3 is 1. The molecule has 0 radical (unpaired) electrons. The average molecular weight is 247 g/mol. The summed E-state index contributed by atoms with van der Waals surface area (Å²) in [5, 5.41) is 20.3. The second-order valence-electron chi connectivity index (χ2n) is 3.52. The molecular formula is C11H15F2NO3. The highest BCUT2D eigenvalue weighted by molar-refractivity contribution is 5.30. The Bertz CT molecular complexity index is 370. The molecule has 3 N–H and O–H groups in total. The fraction of sp³-hybridized carbons (Fsp3) is 0.455. The molecule has 1 aromatic rings. The van der Waals surface area contributed by atoms with Crippen molar-refractivity contribution in [2.75, 3.05) is 20.3 Å². The third-order valence-corrected chi connectivity index (χ3v) is 2.34. The molecule has 4 nitrogen and oxygen atoms in total. The van der Waals surface area contributed by atoms with Crippen molar-refractivity contribution in [3.8, 4) is 5.75 Å². The quantitative estimate of drug-likeness (QED) is 0.681.